The lowest BCUT2D eigenvalue weighted by molar-refractivity contribution is -0.126. The molecule has 3 aromatic rings. The van der Waals surface area contributed by atoms with Gasteiger partial charge in [0.25, 0.3) is 0 Å². The molecule has 1 atom stereocenters. The minimum Gasteiger partial charge on any atom is -0.356 e. The molecule has 1 aliphatic rings. The number of aromatic nitrogens is 4. The van der Waals surface area contributed by atoms with E-state index in [1.54, 1.807) is 30.7 Å². The highest BCUT2D eigenvalue weighted by Gasteiger charge is 2.26. The van der Waals surface area contributed by atoms with E-state index >= 15 is 0 Å². The number of likely N-dealkylation sites (tertiary alicyclic amines) is 1. The van der Waals surface area contributed by atoms with Crippen LogP contribution >= 0.6 is 23.2 Å². The van der Waals surface area contributed by atoms with Crippen molar-refractivity contribution in [1.82, 2.24) is 29.9 Å². The normalized spacial score (nSPS) is 17.0. The van der Waals surface area contributed by atoms with E-state index in [0.29, 0.717) is 47.0 Å². The zero-order valence-corrected chi connectivity index (χ0v) is 18.5. The molecule has 1 N–H and O–H groups in total. The Labute approximate surface area is 190 Å². The number of halogens is 2. The Bertz CT molecular complexity index is 1010. The number of carbonyl (C=O) groups excluding carboxylic acids is 1. The van der Waals surface area contributed by atoms with E-state index in [-0.39, 0.29) is 11.8 Å². The van der Waals surface area contributed by atoms with Gasteiger partial charge in [0.15, 0.2) is 0 Å². The van der Waals surface area contributed by atoms with Gasteiger partial charge in [0.1, 0.15) is 0 Å². The fourth-order valence-corrected chi connectivity index (χ4v) is 4.23. The highest BCUT2D eigenvalue weighted by Crippen LogP contribution is 2.28. The van der Waals surface area contributed by atoms with Crippen molar-refractivity contribution in [2.75, 3.05) is 19.6 Å². The van der Waals surface area contributed by atoms with Crippen molar-refractivity contribution in [2.45, 2.75) is 32.4 Å². The minimum absolute atomic E-state index is 0.0323. The number of aryl methyl sites for hydroxylation is 1. The molecule has 0 aliphatic carbocycles. The molecule has 8 nitrogen and oxygen atoms in total. The van der Waals surface area contributed by atoms with Crippen molar-refractivity contribution in [3.05, 3.63) is 52.9 Å². The molecule has 0 saturated carbocycles. The number of rotatable bonds is 8. The Morgan fingerprint density at radius 1 is 1.32 bits per heavy atom. The van der Waals surface area contributed by atoms with Crippen LogP contribution in [0.1, 0.15) is 25.2 Å². The van der Waals surface area contributed by atoms with Gasteiger partial charge in [0.2, 0.25) is 17.6 Å². The topological polar surface area (TPSA) is 89.1 Å². The van der Waals surface area contributed by atoms with Crippen molar-refractivity contribution in [2.24, 2.45) is 5.92 Å². The Kier molecular flexibility index (Phi) is 7.21. The van der Waals surface area contributed by atoms with Gasteiger partial charge in [-0.1, -0.05) is 28.4 Å². The monoisotopic (exact) mass is 462 g/mol. The van der Waals surface area contributed by atoms with Crippen molar-refractivity contribution in [3.8, 4) is 11.4 Å². The molecule has 1 fully saturated rings. The van der Waals surface area contributed by atoms with Crippen LogP contribution in [0.4, 0.5) is 0 Å². The molecule has 1 unspecified atom stereocenters. The first-order chi connectivity index (χ1) is 15.1. The lowest BCUT2D eigenvalue weighted by atomic mass is 9.97. The molecule has 1 saturated heterocycles. The molecule has 10 heteroatoms. The van der Waals surface area contributed by atoms with Crippen molar-refractivity contribution >= 4 is 29.1 Å². The predicted molar refractivity (Wildman–Crippen MR) is 118 cm³/mol. The number of nitrogens with zero attached hydrogens (tertiary/aromatic N) is 5. The lowest BCUT2D eigenvalue weighted by Crippen LogP contribution is -2.43. The first kappa shape index (κ1) is 21.8. The van der Waals surface area contributed by atoms with Gasteiger partial charge in [0.05, 0.1) is 23.8 Å². The summed E-state index contributed by atoms with van der Waals surface area (Å²) in [6, 6.07) is 5.16. The summed E-state index contributed by atoms with van der Waals surface area (Å²) in [6.07, 6.45) is 8.17. The van der Waals surface area contributed by atoms with Crippen molar-refractivity contribution in [3.63, 3.8) is 0 Å². The third kappa shape index (κ3) is 5.84. The highest BCUT2D eigenvalue weighted by atomic mass is 35.5. The molecule has 0 radical (unpaired) electrons. The Balaban J connectivity index is 1.27. The fraction of sp³-hybridized carbons (Fsp3) is 0.429. The van der Waals surface area contributed by atoms with Crippen LogP contribution < -0.4 is 5.32 Å². The van der Waals surface area contributed by atoms with E-state index in [2.05, 4.69) is 25.3 Å². The first-order valence-electron chi connectivity index (χ1n) is 10.3. The maximum absolute atomic E-state index is 12.6. The molecule has 31 heavy (non-hydrogen) atoms. The fourth-order valence-electron chi connectivity index (χ4n) is 3.74. The van der Waals surface area contributed by atoms with Gasteiger partial charge >= 0.3 is 0 Å². The van der Waals surface area contributed by atoms with Gasteiger partial charge < -0.3 is 14.4 Å². The number of benzene rings is 1. The third-order valence-electron chi connectivity index (χ3n) is 5.33. The second kappa shape index (κ2) is 10.3. The Hall–Kier alpha value is -2.42. The summed E-state index contributed by atoms with van der Waals surface area (Å²) in [5.41, 5.74) is 0.674. The lowest BCUT2D eigenvalue weighted by Gasteiger charge is -2.30. The summed E-state index contributed by atoms with van der Waals surface area (Å²) in [4.78, 5) is 23.2. The van der Waals surface area contributed by atoms with E-state index in [9.17, 15) is 4.79 Å². The number of amides is 1. The number of imidazole rings is 1. The summed E-state index contributed by atoms with van der Waals surface area (Å²) < 4.78 is 7.42. The van der Waals surface area contributed by atoms with Gasteiger partial charge in [-0.2, -0.15) is 4.98 Å². The maximum atomic E-state index is 12.6. The molecule has 4 rings (SSSR count). The highest BCUT2D eigenvalue weighted by molar-refractivity contribution is 6.36. The van der Waals surface area contributed by atoms with Crippen LogP contribution in [0.5, 0.6) is 0 Å². The van der Waals surface area contributed by atoms with Crippen LogP contribution in [0.25, 0.3) is 11.4 Å². The smallest absolute Gasteiger partial charge is 0.241 e. The molecule has 3 heterocycles. The first-order valence-corrected chi connectivity index (χ1v) is 11.1. The van der Waals surface area contributed by atoms with Gasteiger partial charge in [-0.3, -0.25) is 9.69 Å². The Morgan fingerprint density at radius 3 is 3.03 bits per heavy atom. The molecule has 0 bridgehead atoms. The van der Waals surface area contributed by atoms with Crippen molar-refractivity contribution < 1.29 is 9.32 Å². The van der Waals surface area contributed by atoms with Crippen molar-refractivity contribution in [1.29, 1.82) is 0 Å². The number of nitrogens with one attached hydrogen (secondary N) is 1. The molecule has 164 valence electrons. The Morgan fingerprint density at radius 2 is 2.23 bits per heavy atom. The van der Waals surface area contributed by atoms with Gasteiger partial charge in [-0.25, -0.2) is 4.98 Å². The van der Waals surface area contributed by atoms with E-state index in [1.807, 2.05) is 10.8 Å². The van der Waals surface area contributed by atoms with Gasteiger partial charge in [0, 0.05) is 42.6 Å². The van der Waals surface area contributed by atoms with Crippen LogP contribution in [-0.2, 0) is 17.9 Å². The largest absolute Gasteiger partial charge is 0.356 e. The molecular weight excluding hydrogens is 439 g/mol. The van der Waals surface area contributed by atoms with Crippen LogP contribution in [0.3, 0.4) is 0 Å². The quantitative estimate of drug-likeness (QED) is 0.513. The van der Waals surface area contributed by atoms with Gasteiger partial charge in [-0.05, 0) is 44.0 Å². The molecule has 2 aromatic heterocycles. The molecule has 1 aliphatic heterocycles. The number of carbonyl (C=O) groups is 1. The second-order valence-electron chi connectivity index (χ2n) is 7.66. The zero-order valence-electron chi connectivity index (χ0n) is 17.0. The van der Waals surface area contributed by atoms with Crippen LogP contribution in [0, 0.1) is 5.92 Å². The average molecular weight is 463 g/mol. The number of hydrogen-bond acceptors (Lipinski definition) is 6. The average Bonchev–Trinajstić information content (AvgIpc) is 3.43. The van der Waals surface area contributed by atoms with E-state index in [4.69, 9.17) is 27.7 Å². The van der Waals surface area contributed by atoms with E-state index in [1.165, 1.54) is 0 Å². The van der Waals surface area contributed by atoms with E-state index in [0.717, 1.165) is 32.4 Å². The van der Waals surface area contributed by atoms with Gasteiger partial charge in [-0.15, -0.1) is 0 Å². The molecule has 1 aromatic carbocycles. The summed E-state index contributed by atoms with van der Waals surface area (Å²) in [5.74, 6) is 1.01. The van der Waals surface area contributed by atoms with Crippen LogP contribution in [0.2, 0.25) is 10.0 Å². The molecule has 1 amide bonds. The third-order valence-corrected chi connectivity index (χ3v) is 5.87. The maximum Gasteiger partial charge on any atom is 0.241 e. The van der Waals surface area contributed by atoms with Crippen LogP contribution in [0.15, 0.2) is 41.4 Å². The predicted octanol–water partition coefficient (Wildman–Crippen LogP) is 3.66. The summed E-state index contributed by atoms with van der Waals surface area (Å²) in [7, 11) is 0. The summed E-state index contributed by atoms with van der Waals surface area (Å²) in [6.45, 7) is 3.57. The summed E-state index contributed by atoms with van der Waals surface area (Å²) in [5, 5.41) is 8.13. The second-order valence-corrected chi connectivity index (χ2v) is 8.50. The van der Waals surface area contributed by atoms with E-state index < -0.39 is 0 Å². The molecule has 0 spiro atoms. The standard InChI is InChI=1S/C21H24Cl2N6O2/c22-16-4-5-17(18(23)11-16)20-26-19(31-27-20)13-29-8-1-3-15(12-29)21(30)25-6-2-9-28-10-7-24-14-28/h4-5,7,10-11,14-15H,1-3,6,8-9,12-13H2,(H,25,30). The zero-order chi connectivity index (χ0) is 21.6. The number of hydrogen-bond donors (Lipinski definition) is 1. The van der Waals surface area contributed by atoms with Crippen LogP contribution in [-0.4, -0.2) is 50.1 Å². The minimum atomic E-state index is -0.0323. The molecular formula is C21H24Cl2N6O2. The number of piperidine rings is 1. The SMILES string of the molecule is O=C(NCCCn1ccnc1)C1CCCN(Cc2nc(-c3ccc(Cl)cc3Cl)no2)C1. The summed E-state index contributed by atoms with van der Waals surface area (Å²) >= 11 is 12.2.